The van der Waals surface area contributed by atoms with Gasteiger partial charge in [0.25, 0.3) is 17.4 Å². The molecule has 1 atom stereocenters. The average Bonchev–Trinajstić information content (AvgIpc) is 3.49. The Morgan fingerprint density at radius 3 is 2.51 bits per heavy atom. The normalized spacial score (nSPS) is 14.0. The molecule has 0 radical (unpaired) electrons. The summed E-state index contributed by atoms with van der Waals surface area (Å²) in [6.07, 6.45) is 1.76. The van der Waals surface area contributed by atoms with Crippen LogP contribution in [-0.2, 0) is 9.84 Å². The van der Waals surface area contributed by atoms with E-state index in [0.717, 1.165) is 22.3 Å². The highest BCUT2D eigenvalue weighted by Crippen LogP contribution is 2.30. The Morgan fingerprint density at radius 2 is 1.80 bits per heavy atom. The number of carbonyl (C=O) groups is 2. The number of aliphatic hydroxyl groups is 1. The van der Waals surface area contributed by atoms with Crippen molar-refractivity contribution in [2.24, 2.45) is 0 Å². The topological polar surface area (TPSA) is 178 Å². The summed E-state index contributed by atoms with van der Waals surface area (Å²) in [6, 6.07) is 10.5. The van der Waals surface area contributed by atoms with Crippen LogP contribution in [0.3, 0.4) is 0 Å². The molecule has 2 aromatic heterocycles. The molecule has 1 aliphatic rings. The number of carbonyl (C=O) groups excluding carboxylic acids is 2. The van der Waals surface area contributed by atoms with Crippen molar-refractivity contribution in [3.05, 3.63) is 75.2 Å². The van der Waals surface area contributed by atoms with E-state index < -0.39 is 33.3 Å². The summed E-state index contributed by atoms with van der Waals surface area (Å²) in [6.45, 7) is 4.78. The number of aryl methyl sites for hydroxylation is 2. The zero-order chi connectivity index (χ0) is 32.5. The van der Waals surface area contributed by atoms with Crippen LogP contribution in [-0.4, -0.2) is 108 Å². The van der Waals surface area contributed by atoms with Gasteiger partial charge in [-0.25, -0.2) is 13.4 Å². The Kier molecular flexibility index (Phi) is 9.09. The number of aromatic nitrogens is 3. The number of ether oxygens (including phenoxy) is 1. The molecule has 0 unspecified atom stereocenters. The molecule has 238 valence electrons. The number of likely N-dealkylation sites (N-methyl/N-ethyl adjacent to an activating group) is 1. The molecule has 45 heavy (non-hydrogen) atoms. The highest BCUT2D eigenvalue weighted by molar-refractivity contribution is 7.90. The van der Waals surface area contributed by atoms with E-state index in [-0.39, 0.29) is 54.5 Å². The lowest BCUT2D eigenvalue weighted by Crippen LogP contribution is -2.38. The number of rotatable bonds is 13. The van der Waals surface area contributed by atoms with Crippen LogP contribution in [0.5, 0.6) is 5.75 Å². The summed E-state index contributed by atoms with van der Waals surface area (Å²) >= 11 is 0. The monoisotopic (exact) mass is 636 g/mol. The van der Waals surface area contributed by atoms with Crippen LogP contribution >= 0.6 is 0 Å². The van der Waals surface area contributed by atoms with Gasteiger partial charge in [-0.1, -0.05) is 17.7 Å². The fraction of sp³-hybridized carbons (Fsp3) is 0.355. The van der Waals surface area contributed by atoms with E-state index in [2.05, 4.69) is 20.3 Å². The van der Waals surface area contributed by atoms with E-state index in [1.165, 1.54) is 12.3 Å². The van der Waals surface area contributed by atoms with Crippen LogP contribution in [0.4, 0.5) is 5.69 Å². The predicted molar refractivity (Wildman–Crippen MR) is 171 cm³/mol. The molecular formula is C31H36N6O7S. The second kappa shape index (κ2) is 12.8. The number of hydrogen-bond acceptors (Lipinski definition) is 10. The number of aliphatic hydroxyl groups excluding tert-OH is 1. The van der Waals surface area contributed by atoms with Gasteiger partial charge in [0, 0.05) is 38.6 Å². The summed E-state index contributed by atoms with van der Waals surface area (Å²) in [5.41, 5.74) is 3.57. The van der Waals surface area contributed by atoms with Crippen molar-refractivity contribution in [1.29, 1.82) is 0 Å². The molecule has 4 aromatic rings. The van der Waals surface area contributed by atoms with Crippen molar-refractivity contribution in [2.45, 2.75) is 20.0 Å². The minimum Gasteiger partial charge on any atom is -0.491 e. The zero-order valence-electron chi connectivity index (χ0n) is 25.5. The van der Waals surface area contributed by atoms with Crippen LogP contribution < -0.4 is 15.6 Å². The Morgan fingerprint density at radius 1 is 1.07 bits per heavy atom. The molecule has 0 saturated carbocycles. The Bertz CT molecular complexity index is 1880. The molecule has 2 aromatic carbocycles. The number of benzene rings is 2. The second-order valence-corrected chi connectivity index (χ2v) is 13.7. The zero-order valence-corrected chi connectivity index (χ0v) is 26.3. The van der Waals surface area contributed by atoms with E-state index in [0.29, 0.717) is 29.0 Å². The number of imidazole rings is 1. The van der Waals surface area contributed by atoms with Gasteiger partial charge in [-0.3, -0.25) is 19.3 Å². The third-order valence-electron chi connectivity index (χ3n) is 7.61. The summed E-state index contributed by atoms with van der Waals surface area (Å²) < 4.78 is 28.7. The van der Waals surface area contributed by atoms with Crippen molar-refractivity contribution in [3.8, 4) is 17.1 Å². The van der Waals surface area contributed by atoms with Crippen LogP contribution in [0.15, 0.2) is 47.4 Å². The van der Waals surface area contributed by atoms with Crippen molar-refractivity contribution in [3.63, 3.8) is 0 Å². The fourth-order valence-electron chi connectivity index (χ4n) is 5.11. The molecule has 3 heterocycles. The minimum atomic E-state index is -3.13. The first-order valence-corrected chi connectivity index (χ1v) is 16.5. The third kappa shape index (κ3) is 7.24. The van der Waals surface area contributed by atoms with Gasteiger partial charge in [0.15, 0.2) is 0 Å². The maximum absolute atomic E-state index is 13.1. The Labute approximate surface area is 260 Å². The van der Waals surface area contributed by atoms with Gasteiger partial charge < -0.3 is 30.0 Å². The molecule has 4 N–H and O–H groups in total. The minimum absolute atomic E-state index is 0.0193. The third-order valence-corrected chi connectivity index (χ3v) is 8.53. The maximum atomic E-state index is 13.1. The number of amides is 2. The number of aromatic amines is 2. The molecule has 14 heteroatoms. The van der Waals surface area contributed by atoms with Gasteiger partial charge in [-0.15, -0.1) is 0 Å². The second-order valence-electron chi connectivity index (χ2n) is 11.4. The maximum Gasteiger partial charge on any atom is 0.261 e. The summed E-state index contributed by atoms with van der Waals surface area (Å²) in [7, 11) is -1.40. The molecule has 0 saturated heterocycles. The number of nitrogens with one attached hydrogen (secondary N) is 3. The number of sulfone groups is 1. The van der Waals surface area contributed by atoms with Crippen molar-refractivity contribution in [2.75, 3.05) is 57.2 Å². The van der Waals surface area contributed by atoms with Gasteiger partial charge in [0.2, 0.25) is 0 Å². The average molecular weight is 637 g/mol. The number of hydrogen-bond donors (Lipinski definition) is 4. The number of pyridine rings is 1. The molecule has 5 rings (SSSR count). The van der Waals surface area contributed by atoms with Gasteiger partial charge >= 0.3 is 0 Å². The smallest absolute Gasteiger partial charge is 0.261 e. The molecule has 0 bridgehead atoms. The summed E-state index contributed by atoms with van der Waals surface area (Å²) in [5.74, 6) is -0.0309. The number of imide groups is 1. The van der Waals surface area contributed by atoms with Gasteiger partial charge in [0.05, 0.1) is 33.6 Å². The molecule has 1 aliphatic heterocycles. The van der Waals surface area contributed by atoms with E-state index in [1.54, 1.807) is 24.1 Å². The first-order chi connectivity index (χ1) is 21.3. The van der Waals surface area contributed by atoms with E-state index in [9.17, 15) is 27.9 Å². The lowest BCUT2D eigenvalue weighted by Gasteiger charge is -2.20. The lowest BCUT2D eigenvalue weighted by molar-refractivity contribution is 0.0642. The molecule has 13 nitrogen and oxygen atoms in total. The molecule has 0 spiro atoms. The largest absolute Gasteiger partial charge is 0.491 e. The number of H-pyrrole nitrogens is 2. The van der Waals surface area contributed by atoms with Crippen LogP contribution in [0.1, 0.15) is 31.8 Å². The van der Waals surface area contributed by atoms with Crippen molar-refractivity contribution < 1.29 is 27.9 Å². The standard InChI is InChI=1S/C31H36N6O7S/c1-18-5-6-26(19(2)13-18)44-17-20(38)16-33-23-7-8-32-29(39)27(23)28-34-24-14-21-22(15-25(24)35-28)31(41)37(30(21)40)10-9-36(3)11-12-45(4,42)43/h5-8,13-15,20,38H,9-12,16-17H2,1-4H3,(H,34,35)(H2,32,33,39)/t20-/m1/s1. The lowest BCUT2D eigenvalue weighted by atomic mass is 10.1. The first-order valence-electron chi connectivity index (χ1n) is 14.4. The van der Waals surface area contributed by atoms with Crippen LogP contribution in [0.25, 0.3) is 22.4 Å². The number of nitrogens with zero attached hydrogens (tertiary/aromatic N) is 3. The molecular weight excluding hydrogens is 600 g/mol. The number of fused-ring (bicyclic) bond motifs is 2. The SMILES string of the molecule is Cc1ccc(OC[C@H](O)CNc2cc[nH]c(=O)c2-c2nc3cc4c(cc3[nH]2)C(=O)N(CCN(C)CCS(C)(=O)=O)C4=O)c(C)c1. The van der Waals surface area contributed by atoms with E-state index >= 15 is 0 Å². The Hall–Kier alpha value is -4.53. The predicted octanol–water partition coefficient (Wildman–Crippen LogP) is 1.96. The van der Waals surface area contributed by atoms with Crippen molar-refractivity contribution >= 4 is 38.4 Å². The van der Waals surface area contributed by atoms with Crippen LogP contribution in [0.2, 0.25) is 0 Å². The Balaban J connectivity index is 1.29. The van der Waals surface area contributed by atoms with Gasteiger partial charge in [-0.05, 0) is 50.7 Å². The summed E-state index contributed by atoms with van der Waals surface area (Å²) in [4.78, 5) is 52.4. The van der Waals surface area contributed by atoms with Crippen LogP contribution in [0, 0.1) is 13.8 Å². The molecule has 0 fully saturated rings. The van der Waals surface area contributed by atoms with E-state index in [4.69, 9.17) is 4.74 Å². The van der Waals surface area contributed by atoms with Gasteiger partial charge in [0.1, 0.15) is 39.7 Å². The molecule has 0 aliphatic carbocycles. The highest BCUT2D eigenvalue weighted by atomic mass is 32.2. The first kappa shape index (κ1) is 31.9. The quantitative estimate of drug-likeness (QED) is 0.159. The van der Waals surface area contributed by atoms with Gasteiger partial charge in [-0.2, -0.15) is 0 Å². The summed E-state index contributed by atoms with van der Waals surface area (Å²) in [5, 5.41) is 13.7. The molecule has 2 amide bonds. The van der Waals surface area contributed by atoms with Crippen molar-refractivity contribution in [1.82, 2.24) is 24.8 Å². The number of anilines is 1. The fourth-order valence-corrected chi connectivity index (χ4v) is 5.76. The van der Waals surface area contributed by atoms with E-state index in [1.807, 2.05) is 32.0 Å². The highest BCUT2D eigenvalue weighted by Gasteiger charge is 2.36.